The first-order chi connectivity index (χ1) is 14.1. The van der Waals surface area contributed by atoms with Crippen LogP contribution in [-0.2, 0) is 14.3 Å². The number of nitrogens with one attached hydrogen (secondary N) is 1. The first-order valence-corrected chi connectivity index (χ1v) is 9.03. The van der Waals surface area contributed by atoms with Gasteiger partial charge in [0.1, 0.15) is 0 Å². The first-order valence-electron chi connectivity index (χ1n) is 9.03. The third-order valence-electron chi connectivity index (χ3n) is 4.53. The summed E-state index contributed by atoms with van der Waals surface area (Å²) < 4.78 is 9.47. The Bertz CT molecular complexity index is 1000. The molecule has 1 amide bonds. The normalized spacial score (nSPS) is 11.3. The zero-order valence-electron chi connectivity index (χ0n) is 17.1. The van der Waals surface area contributed by atoms with E-state index in [1.807, 2.05) is 32.0 Å². The lowest BCUT2D eigenvalue weighted by Gasteiger charge is -2.16. The van der Waals surface area contributed by atoms with Crippen molar-refractivity contribution in [3.8, 4) is 0 Å². The molecule has 0 unspecified atom stereocenters. The van der Waals surface area contributed by atoms with E-state index >= 15 is 0 Å². The summed E-state index contributed by atoms with van der Waals surface area (Å²) in [5.41, 5.74) is 2.24. The number of carbonyl (C=O) groups excluding carboxylic acids is 3. The average molecular weight is 414 g/mol. The molecule has 30 heavy (non-hydrogen) atoms. The highest BCUT2D eigenvalue weighted by Gasteiger charge is 2.20. The molecule has 0 saturated carbocycles. The van der Waals surface area contributed by atoms with Gasteiger partial charge in [0.15, 0.2) is 6.61 Å². The Hall–Kier alpha value is -3.75. The van der Waals surface area contributed by atoms with Crippen LogP contribution < -0.4 is 5.32 Å². The van der Waals surface area contributed by atoms with Crippen molar-refractivity contribution in [2.24, 2.45) is 0 Å². The van der Waals surface area contributed by atoms with Gasteiger partial charge in [0, 0.05) is 12.1 Å². The molecule has 1 N–H and O–H groups in total. The maximum absolute atomic E-state index is 12.2. The maximum Gasteiger partial charge on any atom is 0.338 e. The zero-order chi connectivity index (χ0) is 22.4. The van der Waals surface area contributed by atoms with E-state index in [4.69, 9.17) is 4.74 Å². The number of non-ortho nitro benzene ring substituents is 1. The number of hydrogen-bond acceptors (Lipinski definition) is 7. The van der Waals surface area contributed by atoms with Crippen LogP contribution >= 0.6 is 0 Å². The molecule has 0 aliphatic heterocycles. The number of rotatable bonds is 7. The van der Waals surface area contributed by atoms with Crippen LogP contribution in [0.5, 0.6) is 0 Å². The lowest BCUT2D eigenvalue weighted by molar-refractivity contribution is -0.384. The van der Waals surface area contributed by atoms with E-state index in [-0.39, 0.29) is 17.2 Å². The summed E-state index contributed by atoms with van der Waals surface area (Å²) in [6.07, 6.45) is 0. The Kier molecular flexibility index (Phi) is 7.24. The van der Waals surface area contributed by atoms with Crippen molar-refractivity contribution in [2.75, 3.05) is 13.7 Å². The summed E-state index contributed by atoms with van der Waals surface area (Å²) >= 11 is 0. The van der Waals surface area contributed by atoms with Crippen molar-refractivity contribution in [1.29, 1.82) is 0 Å². The fraction of sp³-hybridized carbons (Fsp3) is 0.286. The Labute approximate surface area is 173 Å². The number of aryl methyl sites for hydroxylation is 2. The van der Waals surface area contributed by atoms with E-state index in [0.717, 1.165) is 42.0 Å². The van der Waals surface area contributed by atoms with E-state index in [2.05, 4.69) is 10.1 Å². The van der Waals surface area contributed by atoms with E-state index in [9.17, 15) is 24.5 Å². The third kappa shape index (κ3) is 5.63. The molecule has 0 aliphatic rings. The second kappa shape index (κ2) is 9.64. The predicted molar refractivity (Wildman–Crippen MR) is 107 cm³/mol. The van der Waals surface area contributed by atoms with Gasteiger partial charge in [0.25, 0.3) is 11.6 Å². The number of ether oxygens (including phenoxy) is 2. The summed E-state index contributed by atoms with van der Waals surface area (Å²) in [5.74, 6) is -2.35. The highest BCUT2D eigenvalue weighted by atomic mass is 16.6. The lowest BCUT2D eigenvalue weighted by Crippen LogP contribution is -2.31. The first kappa shape index (κ1) is 22.5. The standard InChI is InChI=1S/C21H22N2O7/c1-12-5-6-15(7-13(12)2)14(3)22-19(24)11-30-21(26)17-8-16(20(25)29-4)9-18(10-17)23(27)28/h5-10,14H,11H2,1-4H3,(H,22,24)/t14-/m0/s1. The van der Waals surface area contributed by atoms with Crippen LogP contribution in [0.3, 0.4) is 0 Å². The smallest absolute Gasteiger partial charge is 0.338 e. The van der Waals surface area contributed by atoms with Gasteiger partial charge in [-0.05, 0) is 43.5 Å². The van der Waals surface area contributed by atoms with Gasteiger partial charge in [-0.25, -0.2) is 9.59 Å². The van der Waals surface area contributed by atoms with Crippen molar-refractivity contribution < 1.29 is 28.8 Å². The fourth-order valence-corrected chi connectivity index (χ4v) is 2.69. The summed E-state index contributed by atoms with van der Waals surface area (Å²) in [6, 6.07) is 8.57. The van der Waals surface area contributed by atoms with Gasteiger partial charge in [-0.1, -0.05) is 18.2 Å². The Morgan fingerprint density at radius 2 is 1.67 bits per heavy atom. The van der Waals surface area contributed by atoms with Crippen LogP contribution in [-0.4, -0.2) is 36.5 Å². The third-order valence-corrected chi connectivity index (χ3v) is 4.53. The Morgan fingerprint density at radius 3 is 2.23 bits per heavy atom. The summed E-state index contributed by atoms with van der Waals surface area (Å²) in [5, 5.41) is 13.8. The van der Waals surface area contributed by atoms with Gasteiger partial charge in [-0.15, -0.1) is 0 Å². The number of nitro groups is 1. The fourth-order valence-electron chi connectivity index (χ4n) is 2.69. The summed E-state index contributed by atoms with van der Waals surface area (Å²) in [6.45, 7) is 5.18. The number of nitro benzene ring substituents is 1. The number of methoxy groups -OCH3 is 1. The zero-order valence-corrected chi connectivity index (χ0v) is 17.1. The molecular formula is C21H22N2O7. The van der Waals surface area contributed by atoms with Gasteiger partial charge in [0.2, 0.25) is 0 Å². The quantitative estimate of drug-likeness (QED) is 0.419. The molecule has 0 heterocycles. The van der Waals surface area contributed by atoms with E-state index in [1.54, 1.807) is 6.92 Å². The maximum atomic E-state index is 12.2. The number of esters is 2. The van der Waals surface area contributed by atoms with Crippen LogP contribution in [0.15, 0.2) is 36.4 Å². The second-order valence-corrected chi connectivity index (χ2v) is 6.73. The number of nitrogens with zero attached hydrogens (tertiary/aromatic N) is 1. The largest absolute Gasteiger partial charge is 0.465 e. The van der Waals surface area contributed by atoms with Crippen molar-refractivity contribution in [3.05, 3.63) is 74.3 Å². The molecule has 0 aliphatic carbocycles. The van der Waals surface area contributed by atoms with Crippen LogP contribution in [0.1, 0.15) is 50.4 Å². The Balaban J connectivity index is 2.04. The molecule has 0 aromatic heterocycles. The van der Waals surface area contributed by atoms with Crippen molar-refractivity contribution >= 4 is 23.5 Å². The molecule has 1 atom stereocenters. The molecular weight excluding hydrogens is 392 g/mol. The number of amides is 1. The lowest BCUT2D eigenvalue weighted by atomic mass is 10.0. The van der Waals surface area contributed by atoms with Crippen LogP contribution in [0.4, 0.5) is 5.69 Å². The monoisotopic (exact) mass is 414 g/mol. The van der Waals surface area contributed by atoms with Crippen molar-refractivity contribution in [2.45, 2.75) is 26.8 Å². The van der Waals surface area contributed by atoms with Crippen LogP contribution in [0.2, 0.25) is 0 Å². The van der Waals surface area contributed by atoms with E-state index in [0.29, 0.717) is 0 Å². The molecule has 2 aromatic carbocycles. The average Bonchev–Trinajstić information content (AvgIpc) is 2.72. The minimum atomic E-state index is -0.974. The highest BCUT2D eigenvalue weighted by Crippen LogP contribution is 2.19. The number of carbonyl (C=O) groups is 3. The molecule has 158 valence electrons. The van der Waals surface area contributed by atoms with Gasteiger partial charge in [-0.3, -0.25) is 14.9 Å². The second-order valence-electron chi connectivity index (χ2n) is 6.73. The Morgan fingerprint density at radius 1 is 1.03 bits per heavy atom. The SMILES string of the molecule is COC(=O)c1cc(C(=O)OCC(=O)N[C@@H](C)c2ccc(C)c(C)c2)cc([N+](=O)[O-])c1. The summed E-state index contributed by atoms with van der Waals surface area (Å²) in [7, 11) is 1.11. The molecule has 9 heteroatoms. The van der Waals surface area contributed by atoms with Gasteiger partial charge in [0.05, 0.1) is 29.2 Å². The number of hydrogen-bond donors (Lipinski definition) is 1. The van der Waals surface area contributed by atoms with Gasteiger partial charge in [-0.2, -0.15) is 0 Å². The minimum Gasteiger partial charge on any atom is -0.465 e. The molecule has 2 rings (SSSR count). The molecule has 2 aromatic rings. The molecule has 0 spiro atoms. The molecule has 0 saturated heterocycles. The highest BCUT2D eigenvalue weighted by molar-refractivity contribution is 5.97. The van der Waals surface area contributed by atoms with Gasteiger partial charge >= 0.3 is 11.9 Å². The van der Waals surface area contributed by atoms with Crippen molar-refractivity contribution in [1.82, 2.24) is 5.32 Å². The molecule has 0 radical (unpaired) electrons. The van der Waals surface area contributed by atoms with Crippen molar-refractivity contribution in [3.63, 3.8) is 0 Å². The summed E-state index contributed by atoms with van der Waals surface area (Å²) in [4.78, 5) is 46.4. The number of benzene rings is 2. The topological polar surface area (TPSA) is 125 Å². The minimum absolute atomic E-state index is 0.175. The van der Waals surface area contributed by atoms with Crippen LogP contribution in [0.25, 0.3) is 0 Å². The molecule has 9 nitrogen and oxygen atoms in total. The van der Waals surface area contributed by atoms with E-state index in [1.165, 1.54) is 0 Å². The molecule has 0 fully saturated rings. The van der Waals surface area contributed by atoms with Gasteiger partial charge < -0.3 is 14.8 Å². The predicted octanol–water partition coefficient (Wildman–Crippen LogP) is 3.03. The molecule has 0 bridgehead atoms. The van der Waals surface area contributed by atoms with E-state index < -0.39 is 35.1 Å². The van der Waals surface area contributed by atoms with Crippen LogP contribution in [0, 0.1) is 24.0 Å².